The normalized spacial score (nSPS) is 24.0. The number of aliphatic hydroxyl groups is 3. The molecule has 3 N–H and O–H groups in total. The summed E-state index contributed by atoms with van der Waals surface area (Å²) >= 11 is 0. The zero-order valence-corrected chi connectivity index (χ0v) is 20.0. The van der Waals surface area contributed by atoms with Gasteiger partial charge in [0, 0.05) is 20.3 Å². The molecule has 5 atom stereocenters. The van der Waals surface area contributed by atoms with E-state index in [1.54, 1.807) is 6.07 Å². The number of hydrogen-bond acceptors (Lipinski definition) is 9. The van der Waals surface area contributed by atoms with Gasteiger partial charge >= 0.3 is 11.9 Å². The lowest BCUT2D eigenvalue weighted by Crippen LogP contribution is -2.60. The molecule has 9 heteroatoms. The maximum Gasteiger partial charge on any atom is 0.302 e. The van der Waals surface area contributed by atoms with Crippen molar-refractivity contribution in [2.75, 3.05) is 6.61 Å². The number of hydrogen-bond donors (Lipinski definition) is 3. The molecule has 0 aliphatic carbocycles. The van der Waals surface area contributed by atoms with Gasteiger partial charge in [0.1, 0.15) is 43.4 Å². The topological polar surface area (TPSA) is 132 Å². The Morgan fingerprint density at radius 1 is 0.857 bits per heavy atom. The van der Waals surface area contributed by atoms with E-state index in [4.69, 9.17) is 18.9 Å². The Balaban J connectivity index is 1.86. The molecule has 1 fully saturated rings. The Labute approximate surface area is 204 Å². The van der Waals surface area contributed by atoms with E-state index in [1.165, 1.54) is 19.4 Å². The van der Waals surface area contributed by atoms with Crippen LogP contribution in [0, 0.1) is 0 Å². The van der Waals surface area contributed by atoms with Gasteiger partial charge in [0.25, 0.3) is 0 Å². The molecule has 0 saturated carbocycles. The van der Waals surface area contributed by atoms with Gasteiger partial charge < -0.3 is 34.3 Å². The zero-order valence-electron chi connectivity index (χ0n) is 20.0. The highest BCUT2D eigenvalue weighted by Gasteiger charge is 2.45. The first-order valence-corrected chi connectivity index (χ1v) is 11.5. The summed E-state index contributed by atoms with van der Waals surface area (Å²) < 4.78 is 21.7. The number of rotatable bonds is 9. The van der Waals surface area contributed by atoms with Crippen LogP contribution in [0.5, 0.6) is 5.75 Å². The third kappa shape index (κ3) is 7.25. The molecule has 0 aromatic heterocycles. The summed E-state index contributed by atoms with van der Waals surface area (Å²) in [4.78, 5) is 22.4. The van der Waals surface area contributed by atoms with Crippen LogP contribution >= 0.6 is 0 Å². The summed E-state index contributed by atoms with van der Waals surface area (Å²) in [6.45, 7) is 4.32. The van der Waals surface area contributed by atoms with Crippen molar-refractivity contribution in [2.45, 2.75) is 70.9 Å². The minimum atomic E-state index is -1.58. The Morgan fingerprint density at radius 2 is 1.49 bits per heavy atom. The zero-order chi connectivity index (χ0) is 25.5. The lowest BCUT2D eigenvalue weighted by Gasteiger charge is -2.40. The van der Waals surface area contributed by atoms with Gasteiger partial charge in [-0.05, 0) is 34.7 Å². The number of aryl methyl sites for hydroxylation is 1. The van der Waals surface area contributed by atoms with Crippen molar-refractivity contribution in [2.24, 2.45) is 0 Å². The molecule has 1 aliphatic rings. The van der Waals surface area contributed by atoms with E-state index in [9.17, 15) is 24.9 Å². The predicted octanol–water partition coefficient (Wildman–Crippen LogP) is 1.65. The number of aliphatic hydroxyl groups excluding tert-OH is 3. The van der Waals surface area contributed by atoms with Crippen LogP contribution in [0.15, 0.2) is 42.5 Å². The van der Waals surface area contributed by atoms with E-state index in [1.807, 2.05) is 24.3 Å². The van der Waals surface area contributed by atoms with Crippen molar-refractivity contribution in [3.8, 4) is 5.75 Å². The number of carbonyl (C=O) groups excluding carboxylic acids is 2. The van der Waals surface area contributed by atoms with Crippen LogP contribution in [0.2, 0.25) is 0 Å². The molecule has 1 aliphatic heterocycles. The number of ether oxygens (including phenoxy) is 4. The summed E-state index contributed by atoms with van der Waals surface area (Å²) in [5.41, 5.74) is 3.68. The lowest BCUT2D eigenvalue weighted by molar-refractivity contribution is -0.278. The molecule has 9 nitrogen and oxygen atoms in total. The molecule has 2 aromatic carbocycles. The van der Waals surface area contributed by atoms with E-state index in [2.05, 4.69) is 19.1 Å². The van der Waals surface area contributed by atoms with E-state index in [0.717, 1.165) is 17.5 Å². The largest absolute Gasteiger partial charge is 0.463 e. The monoisotopic (exact) mass is 488 g/mol. The highest BCUT2D eigenvalue weighted by Crippen LogP contribution is 2.29. The van der Waals surface area contributed by atoms with Gasteiger partial charge in [-0.15, -0.1) is 0 Å². The second-order valence-corrected chi connectivity index (χ2v) is 8.50. The number of carbonyl (C=O) groups is 2. The molecule has 35 heavy (non-hydrogen) atoms. The fourth-order valence-corrected chi connectivity index (χ4v) is 3.72. The molecule has 3 rings (SSSR count). The average Bonchev–Trinajstić information content (AvgIpc) is 2.84. The molecule has 2 aromatic rings. The third-order valence-corrected chi connectivity index (χ3v) is 5.76. The van der Waals surface area contributed by atoms with Crippen LogP contribution in [-0.4, -0.2) is 64.6 Å². The molecule has 1 unspecified atom stereocenters. The first-order chi connectivity index (χ1) is 16.7. The molecule has 0 bridgehead atoms. The summed E-state index contributed by atoms with van der Waals surface area (Å²) in [7, 11) is 0. The standard InChI is InChI=1S/C26H32O9/c1-4-17-5-7-18(8-6-17)11-20-10-9-19(13-32-15(2)27)12-21(20)34-26-25(31)24(30)23(29)22(35-26)14-33-16(3)28/h5-10,12,22-26,29-31H,4,11,13-14H2,1-3H3/t22-,23-,24+,25-,26?/m1/s1. The smallest absolute Gasteiger partial charge is 0.302 e. The van der Waals surface area contributed by atoms with Crippen molar-refractivity contribution >= 4 is 11.9 Å². The molecule has 0 amide bonds. The van der Waals surface area contributed by atoms with Crippen LogP contribution in [0.4, 0.5) is 0 Å². The van der Waals surface area contributed by atoms with Gasteiger partial charge in [-0.3, -0.25) is 9.59 Å². The Kier molecular flexibility index (Phi) is 9.22. The quantitative estimate of drug-likeness (QED) is 0.451. The van der Waals surface area contributed by atoms with Crippen molar-refractivity contribution in [3.63, 3.8) is 0 Å². The van der Waals surface area contributed by atoms with Crippen molar-refractivity contribution < 1.29 is 43.9 Å². The Hall–Kier alpha value is -2.98. The highest BCUT2D eigenvalue weighted by atomic mass is 16.7. The van der Waals surface area contributed by atoms with E-state index < -0.39 is 42.6 Å². The summed E-state index contributed by atoms with van der Waals surface area (Å²) in [5.74, 6) is -0.648. The van der Waals surface area contributed by atoms with Crippen LogP contribution < -0.4 is 4.74 Å². The van der Waals surface area contributed by atoms with Crippen LogP contribution in [0.25, 0.3) is 0 Å². The second kappa shape index (κ2) is 12.1. The van der Waals surface area contributed by atoms with Gasteiger partial charge in [-0.25, -0.2) is 0 Å². The summed E-state index contributed by atoms with van der Waals surface area (Å²) in [6, 6.07) is 13.5. The van der Waals surface area contributed by atoms with Crippen molar-refractivity contribution in [1.29, 1.82) is 0 Å². The first kappa shape index (κ1) is 26.6. The van der Waals surface area contributed by atoms with E-state index in [-0.39, 0.29) is 13.2 Å². The van der Waals surface area contributed by atoms with Gasteiger partial charge in [0.2, 0.25) is 6.29 Å². The fourth-order valence-electron chi connectivity index (χ4n) is 3.72. The molecule has 0 radical (unpaired) electrons. The molecule has 190 valence electrons. The van der Waals surface area contributed by atoms with E-state index in [0.29, 0.717) is 17.7 Å². The predicted molar refractivity (Wildman–Crippen MR) is 124 cm³/mol. The van der Waals surface area contributed by atoms with Gasteiger partial charge in [-0.1, -0.05) is 43.3 Å². The van der Waals surface area contributed by atoms with Crippen LogP contribution in [0.1, 0.15) is 43.0 Å². The van der Waals surface area contributed by atoms with Gasteiger partial charge in [0.15, 0.2) is 0 Å². The highest BCUT2D eigenvalue weighted by molar-refractivity contribution is 5.66. The molecule has 0 spiro atoms. The van der Waals surface area contributed by atoms with Crippen LogP contribution in [-0.2, 0) is 43.2 Å². The Bertz CT molecular complexity index is 1000. The number of esters is 2. The van der Waals surface area contributed by atoms with Crippen molar-refractivity contribution in [3.05, 3.63) is 64.7 Å². The van der Waals surface area contributed by atoms with Gasteiger partial charge in [-0.2, -0.15) is 0 Å². The second-order valence-electron chi connectivity index (χ2n) is 8.50. The molecular formula is C26H32O9. The fraction of sp³-hybridized carbons (Fsp3) is 0.462. The van der Waals surface area contributed by atoms with E-state index >= 15 is 0 Å². The SMILES string of the molecule is CCc1ccc(Cc2ccc(COC(C)=O)cc2OC2O[C@H](COC(C)=O)[C@@H](O)[C@H](O)[C@H]2O)cc1. The van der Waals surface area contributed by atoms with Crippen molar-refractivity contribution in [1.82, 2.24) is 0 Å². The molecular weight excluding hydrogens is 456 g/mol. The van der Waals surface area contributed by atoms with Crippen LogP contribution in [0.3, 0.4) is 0 Å². The summed E-state index contributed by atoms with van der Waals surface area (Å²) in [6.07, 6.45) is -5.63. The Morgan fingerprint density at radius 3 is 2.11 bits per heavy atom. The average molecular weight is 489 g/mol. The lowest BCUT2D eigenvalue weighted by atomic mass is 9.98. The first-order valence-electron chi connectivity index (χ1n) is 11.5. The minimum Gasteiger partial charge on any atom is -0.463 e. The van der Waals surface area contributed by atoms with Gasteiger partial charge in [0.05, 0.1) is 0 Å². The maximum atomic E-state index is 11.2. The summed E-state index contributed by atoms with van der Waals surface area (Å²) in [5, 5.41) is 31.1. The third-order valence-electron chi connectivity index (χ3n) is 5.76. The molecule has 1 saturated heterocycles. The maximum absolute atomic E-state index is 11.2. The molecule has 1 heterocycles. The number of benzene rings is 2. The minimum absolute atomic E-state index is 0.0294.